The van der Waals surface area contributed by atoms with Crippen LogP contribution in [0.2, 0.25) is 0 Å². The van der Waals surface area contributed by atoms with Crippen molar-refractivity contribution in [3.05, 3.63) is 51.9 Å². The predicted molar refractivity (Wildman–Crippen MR) is 100 cm³/mol. The molecule has 3 heterocycles. The van der Waals surface area contributed by atoms with Gasteiger partial charge in [-0.3, -0.25) is 9.78 Å². The largest absolute Gasteiger partial charge is 0.464 e. The van der Waals surface area contributed by atoms with E-state index in [2.05, 4.69) is 36.0 Å². The lowest BCUT2D eigenvalue weighted by atomic mass is 10.0. The molecule has 27 heavy (non-hydrogen) atoms. The number of nitrogens with zero attached hydrogens (tertiary/aromatic N) is 5. The van der Waals surface area contributed by atoms with Crippen LogP contribution in [0.15, 0.2) is 34.9 Å². The minimum absolute atomic E-state index is 0.0109. The average molecular weight is 430 g/mol. The van der Waals surface area contributed by atoms with Crippen LogP contribution in [-0.4, -0.2) is 57.0 Å². The Hall–Kier alpha value is -2.81. The molecule has 0 unspecified atom stereocenters. The van der Waals surface area contributed by atoms with Gasteiger partial charge < -0.3 is 9.64 Å². The number of carbonyl (C=O) groups is 2. The van der Waals surface area contributed by atoms with Gasteiger partial charge in [-0.1, -0.05) is 27.2 Å². The van der Waals surface area contributed by atoms with Crippen molar-refractivity contribution in [2.75, 3.05) is 20.2 Å². The maximum Gasteiger partial charge on any atom is 0.360 e. The number of hydrogen-bond donors (Lipinski definition) is 0. The van der Waals surface area contributed by atoms with Crippen molar-refractivity contribution in [2.24, 2.45) is 0 Å². The number of aromatic nitrogens is 4. The van der Waals surface area contributed by atoms with Gasteiger partial charge >= 0.3 is 5.97 Å². The van der Waals surface area contributed by atoms with Crippen molar-refractivity contribution in [1.82, 2.24) is 24.9 Å². The summed E-state index contributed by atoms with van der Waals surface area (Å²) in [4.78, 5) is 30.7. The highest BCUT2D eigenvalue weighted by atomic mass is 79.9. The van der Waals surface area contributed by atoms with Crippen LogP contribution in [0.1, 0.15) is 32.6 Å². The number of halogens is 1. The molecule has 1 fully saturated rings. The van der Waals surface area contributed by atoms with E-state index in [1.807, 2.05) is 31.2 Å². The first kappa shape index (κ1) is 17.6. The topological polar surface area (TPSA) is 90.2 Å². The third-order valence-electron chi connectivity index (χ3n) is 4.56. The van der Waals surface area contributed by atoms with Crippen LogP contribution in [0, 0.1) is 6.92 Å². The molecule has 2 aromatic heterocycles. The van der Waals surface area contributed by atoms with Gasteiger partial charge in [0.1, 0.15) is 0 Å². The Kier molecular flexibility index (Phi) is 4.39. The van der Waals surface area contributed by atoms with Crippen molar-refractivity contribution in [3.63, 3.8) is 0 Å². The van der Waals surface area contributed by atoms with Crippen molar-refractivity contribution in [2.45, 2.75) is 13.0 Å². The second-order valence-electron chi connectivity index (χ2n) is 6.41. The molecule has 0 spiro atoms. The fourth-order valence-corrected chi connectivity index (χ4v) is 3.47. The molecular formula is C18H16BrN5O3. The smallest absolute Gasteiger partial charge is 0.360 e. The molecule has 9 heteroatoms. The van der Waals surface area contributed by atoms with Gasteiger partial charge in [0.2, 0.25) is 0 Å². The molecule has 0 bridgehead atoms. The molecule has 0 N–H and O–H groups in total. The number of ether oxygens (including phenoxy) is 1. The summed E-state index contributed by atoms with van der Waals surface area (Å²) in [7, 11) is 1.30. The van der Waals surface area contributed by atoms with Crippen molar-refractivity contribution >= 4 is 38.7 Å². The van der Waals surface area contributed by atoms with E-state index in [0.717, 1.165) is 21.1 Å². The van der Waals surface area contributed by atoms with Gasteiger partial charge in [0.15, 0.2) is 5.69 Å². The number of rotatable bonds is 3. The summed E-state index contributed by atoms with van der Waals surface area (Å²) in [6.45, 7) is 2.88. The molecule has 4 rings (SSSR count). The number of likely N-dealkylation sites (tertiary alicyclic amines) is 1. The third kappa shape index (κ3) is 3.18. The zero-order valence-electron chi connectivity index (χ0n) is 14.7. The Labute approximate surface area is 163 Å². The van der Waals surface area contributed by atoms with E-state index in [0.29, 0.717) is 18.7 Å². The van der Waals surface area contributed by atoms with Crippen LogP contribution < -0.4 is 0 Å². The number of esters is 1. The highest BCUT2D eigenvalue weighted by Gasteiger charge is 2.34. The summed E-state index contributed by atoms with van der Waals surface area (Å²) in [5.41, 5.74) is 2.37. The van der Waals surface area contributed by atoms with Crippen LogP contribution in [0.25, 0.3) is 10.9 Å². The highest BCUT2D eigenvalue weighted by Crippen LogP contribution is 2.27. The number of fused-ring (bicyclic) bond motifs is 1. The summed E-state index contributed by atoms with van der Waals surface area (Å²) in [5.74, 6) is -0.573. The summed E-state index contributed by atoms with van der Waals surface area (Å²) < 4.78 is 7.15. The lowest BCUT2D eigenvalue weighted by molar-refractivity contribution is 0.0498. The van der Waals surface area contributed by atoms with Gasteiger partial charge in [-0.05, 0) is 25.1 Å². The molecule has 1 amide bonds. The maximum atomic E-state index is 13.0. The Morgan fingerprint density at radius 1 is 1.26 bits per heavy atom. The van der Waals surface area contributed by atoms with Crippen LogP contribution in [0.5, 0.6) is 0 Å². The lowest BCUT2D eigenvalue weighted by Gasteiger charge is -2.39. The van der Waals surface area contributed by atoms with E-state index in [1.165, 1.54) is 7.11 Å². The SMILES string of the molecule is COC(=O)c1cn(C2CN(C(=O)c3cc(C)nc4cc(Br)ccc34)C2)nn1. The number of amides is 1. The molecule has 1 aliphatic rings. The number of methoxy groups -OCH3 is 1. The average Bonchev–Trinajstić information content (AvgIpc) is 3.08. The van der Waals surface area contributed by atoms with E-state index in [9.17, 15) is 9.59 Å². The zero-order valence-corrected chi connectivity index (χ0v) is 16.3. The fraction of sp³-hybridized carbons (Fsp3) is 0.278. The molecule has 0 atom stereocenters. The van der Waals surface area contributed by atoms with Gasteiger partial charge in [0, 0.05) is 28.6 Å². The zero-order chi connectivity index (χ0) is 19.1. The van der Waals surface area contributed by atoms with Gasteiger partial charge in [-0.2, -0.15) is 0 Å². The van der Waals surface area contributed by atoms with Crippen molar-refractivity contribution in [3.8, 4) is 0 Å². The van der Waals surface area contributed by atoms with E-state index >= 15 is 0 Å². The Morgan fingerprint density at radius 2 is 2.04 bits per heavy atom. The van der Waals surface area contributed by atoms with E-state index in [-0.39, 0.29) is 17.6 Å². The second kappa shape index (κ2) is 6.73. The summed E-state index contributed by atoms with van der Waals surface area (Å²) in [6, 6.07) is 7.51. The summed E-state index contributed by atoms with van der Waals surface area (Å²) in [6.07, 6.45) is 1.54. The first-order valence-electron chi connectivity index (χ1n) is 8.32. The quantitative estimate of drug-likeness (QED) is 0.593. The van der Waals surface area contributed by atoms with Crippen LogP contribution in [0.4, 0.5) is 0 Å². The van der Waals surface area contributed by atoms with Gasteiger partial charge in [0.05, 0.1) is 30.4 Å². The Balaban J connectivity index is 1.53. The standard InChI is InChI=1S/C18H16BrN5O3/c1-10-5-14(13-4-3-11(19)6-15(13)20-10)17(25)23-7-12(8-23)24-9-16(21-22-24)18(26)27-2/h3-6,9,12H,7-8H2,1-2H3. The molecule has 0 radical (unpaired) electrons. The van der Waals surface area contributed by atoms with Gasteiger partial charge in [0.25, 0.3) is 5.91 Å². The molecule has 0 saturated carbocycles. The molecule has 1 aliphatic heterocycles. The number of aryl methyl sites for hydroxylation is 1. The van der Waals surface area contributed by atoms with Crippen LogP contribution in [-0.2, 0) is 4.74 Å². The normalized spacial score (nSPS) is 14.3. The highest BCUT2D eigenvalue weighted by molar-refractivity contribution is 9.10. The molecule has 3 aromatic rings. The fourth-order valence-electron chi connectivity index (χ4n) is 3.12. The Bertz CT molecular complexity index is 1050. The van der Waals surface area contributed by atoms with Gasteiger partial charge in [-0.15, -0.1) is 5.10 Å². The van der Waals surface area contributed by atoms with E-state index in [4.69, 9.17) is 0 Å². The minimum Gasteiger partial charge on any atom is -0.464 e. The number of benzene rings is 1. The lowest BCUT2D eigenvalue weighted by Crippen LogP contribution is -2.51. The number of hydrogen-bond acceptors (Lipinski definition) is 6. The molecule has 1 saturated heterocycles. The molecule has 8 nitrogen and oxygen atoms in total. The first-order valence-corrected chi connectivity index (χ1v) is 9.12. The van der Waals surface area contributed by atoms with E-state index in [1.54, 1.807) is 15.8 Å². The summed E-state index contributed by atoms with van der Waals surface area (Å²) >= 11 is 3.44. The van der Waals surface area contributed by atoms with Gasteiger partial charge in [-0.25, -0.2) is 9.48 Å². The monoisotopic (exact) mass is 429 g/mol. The molecule has 138 valence electrons. The minimum atomic E-state index is -0.529. The number of pyridine rings is 1. The van der Waals surface area contributed by atoms with E-state index < -0.39 is 5.97 Å². The maximum absolute atomic E-state index is 13.0. The van der Waals surface area contributed by atoms with Crippen molar-refractivity contribution < 1.29 is 14.3 Å². The van der Waals surface area contributed by atoms with Crippen molar-refractivity contribution in [1.29, 1.82) is 0 Å². The number of carbonyl (C=O) groups excluding carboxylic acids is 2. The Morgan fingerprint density at radius 3 is 2.78 bits per heavy atom. The molecule has 0 aliphatic carbocycles. The summed E-state index contributed by atoms with van der Waals surface area (Å²) in [5, 5.41) is 8.59. The van der Waals surface area contributed by atoms with Crippen LogP contribution in [0.3, 0.4) is 0 Å². The predicted octanol–water partition coefficient (Wildman–Crippen LogP) is 2.38. The first-order chi connectivity index (χ1) is 13.0. The van der Waals surface area contributed by atoms with Crippen LogP contribution >= 0.6 is 15.9 Å². The molecule has 1 aromatic carbocycles. The third-order valence-corrected chi connectivity index (χ3v) is 5.05. The molecular weight excluding hydrogens is 414 g/mol. The second-order valence-corrected chi connectivity index (χ2v) is 7.33.